The van der Waals surface area contributed by atoms with Gasteiger partial charge in [-0.05, 0) is 25.0 Å². The van der Waals surface area contributed by atoms with Crippen LogP contribution in [0, 0.1) is 0 Å². The molecule has 0 bridgehead atoms. The largest absolute Gasteiger partial charge is 0.274 e. The number of nitrogens with zero attached hydrogens (tertiary/aromatic N) is 1. The molecule has 1 heterocycles. The second kappa shape index (κ2) is 6.71. The highest BCUT2D eigenvalue weighted by Gasteiger charge is 2.34. The monoisotopic (exact) mass is 279 g/mol. The van der Waals surface area contributed by atoms with Gasteiger partial charge >= 0.3 is 0 Å². The first kappa shape index (κ1) is 14.1. The van der Waals surface area contributed by atoms with E-state index in [0.717, 1.165) is 32.1 Å². The molecule has 0 aliphatic carbocycles. The van der Waals surface area contributed by atoms with E-state index in [1.807, 2.05) is 0 Å². The molecule has 1 aromatic rings. The van der Waals surface area contributed by atoms with E-state index < -0.39 is 0 Å². The molecule has 1 aromatic carbocycles. The van der Waals surface area contributed by atoms with Crippen LogP contribution < -0.4 is 0 Å². The Bertz CT molecular complexity index is 438. The molecule has 0 atom stereocenters. The Labute approximate surface area is 118 Å². The molecule has 19 heavy (non-hydrogen) atoms. The number of unbranched alkanes of at least 4 members (excludes halogenated alkanes) is 4. The van der Waals surface area contributed by atoms with E-state index >= 15 is 0 Å². The number of hydrogen-bond donors (Lipinski definition) is 0. The van der Waals surface area contributed by atoms with Crippen molar-refractivity contribution in [2.75, 3.05) is 12.4 Å². The maximum absolute atomic E-state index is 12.1. The molecule has 0 fully saturated rings. The van der Waals surface area contributed by atoms with E-state index in [1.54, 1.807) is 24.3 Å². The minimum Gasteiger partial charge on any atom is -0.274 e. The van der Waals surface area contributed by atoms with Crippen molar-refractivity contribution in [1.82, 2.24) is 4.90 Å². The summed E-state index contributed by atoms with van der Waals surface area (Å²) in [6, 6.07) is 7.02. The molecule has 0 unspecified atom stereocenters. The molecule has 0 radical (unpaired) electrons. The summed E-state index contributed by atoms with van der Waals surface area (Å²) >= 11 is 5.61. The molecule has 0 spiro atoms. The zero-order chi connectivity index (χ0) is 13.7. The van der Waals surface area contributed by atoms with E-state index in [1.165, 1.54) is 4.90 Å². The van der Waals surface area contributed by atoms with Crippen LogP contribution in [0.25, 0.3) is 0 Å². The lowest BCUT2D eigenvalue weighted by Gasteiger charge is -2.13. The van der Waals surface area contributed by atoms with Crippen LogP contribution in [0.3, 0.4) is 0 Å². The topological polar surface area (TPSA) is 37.4 Å². The third-order valence-electron chi connectivity index (χ3n) is 3.39. The minimum absolute atomic E-state index is 0.152. The van der Waals surface area contributed by atoms with Crippen molar-refractivity contribution in [3.05, 3.63) is 35.4 Å². The summed E-state index contributed by atoms with van der Waals surface area (Å²) in [5.74, 6) is 0.404. The standard InChI is InChI=1S/C15H18ClNO2/c16-10-6-2-1-3-7-11-17-14(18)12-8-4-5-9-13(12)15(17)19/h4-5,8-9H,1-3,6-7,10-11H2. The molecule has 1 aliphatic heterocycles. The van der Waals surface area contributed by atoms with Crippen molar-refractivity contribution in [3.8, 4) is 0 Å². The van der Waals surface area contributed by atoms with Gasteiger partial charge in [-0.1, -0.05) is 31.4 Å². The fourth-order valence-electron chi connectivity index (χ4n) is 2.34. The molecule has 2 rings (SSSR count). The molecule has 0 saturated heterocycles. The summed E-state index contributed by atoms with van der Waals surface area (Å²) in [6.07, 6.45) is 5.16. The Morgan fingerprint density at radius 3 is 1.95 bits per heavy atom. The summed E-state index contributed by atoms with van der Waals surface area (Å²) in [5, 5.41) is 0. The van der Waals surface area contributed by atoms with Gasteiger partial charge in [-0.2, -0.15) is 0 Å². The predicted molar refractivity (Wildman–Crippen MR) is 75.6 cm³/mol. The van der Waals surface area contributed by atoms with E-state index in [0.29, 0.717) is 23.6 Å². The summed E-state index contributed by atoms with van der Waals surface area (Å²) in [7, 11) is 0. The number of hydrogen-bond acceptors (Lipinski definition) is 2. The number of carbonyl (C=O) groups is 2. The quantitative estimate of drug-likeness (QED) is 0.435. The van der Waals surface area contributed by atoms with Crippen molar-refractivity contribution < 1.29 is 9.59 Å². The van der Waals surface area contributed by atoms with Crippen LogP contribution in [0.15, 0.2) is 24.3 Å². The SMILES string of the molecule is O=C1c2ccccc2C(=O)N1CCCCCCCCl. The van der Waals surface area contributed by atoms with Gasteiger partial charge in [-0.25, -0.2) is 0 Å². The fraction of sp³-hybridized carbons (Fsp3) is 0.467. The van der Waals surface area contributed by atoms with Crippen LogP contribution in [0.1, 0.15) is 52.8 Å². The summed E-state index contributed by atoms with van der Waals surface area (Å²) < 4.78 is 0. The van der Waals surface area contributed by atoms with Gasteiger partial charge in [-0.15, -0.1) is 11.6 Å². The fourth-order valence-corrected chi connectivity index (χ4v) is 2.53. The Balaban J connectivity index is 1.83. The molecule has 102 valence electrons. The van der Waals surface area contributed by atoms with Crippen LogP contribution in [0.4, 0.5) is 0 Å². The molecule has 0 N–H and O–H groups in total. The molecule has 1 aliphatic rings. The Hall–Kier alpha value is -1.35. The predicted octanol–water partition coefficient (Wildman–Crippen LogP) is 3.47. The van der Waals surface area contributed by atoms with Crippen LogP contribution in [-0.2, 0) is 0 Å². The van der Waals surface area contributed by atoms with Gasteiger partial charge in [0.05, 0.1) is 11.1 Å². The summed E-state index contributed by atoms with van der Waals surface area (Å²) in [5.41, 5.74) is 1.07. The lowest BCUT2D eigenvalue weighted by molar-refractivity contribution is 0.0651. The van der Waals surface area contributed by atoms with Crippen molar-refractivity contribution in [2.24, 2.45) is 0 Å². The van der Waals surface area contributed by atoms with Crippen LogP contribution in [-0.4, -0.2) is 29.1 Å². The van der Waals surface area contributed by atoms with Crippen molar-refractivity contribution >= 4 is 23.4 Å². The number of carbonyl (C=O) groups excluding carboxylic acids is 2. The van der Waals surface area contributed by atoms with Gasteiger partial charge in [0.15, 0.2) is 0 Å². The lowest BCUT2D eigenvalue weighted by atomic mass is 10.1. The van der Waals surface area contributed by atoms with Crippen molar-refractivity contribution in [1.29, 1.82) is 0 Å². The zero-order valence-corrected chi connectivity index (χ0v) is 11.7. The first-order valence-electron chi connectivity index (χ1n) is 6.77. The normalized spacial score (nSPS) is 14.1. The first-order chi connectivity index (χ1) is 9.25. The molecular weight excluding hydrogens is 262 g/mol. The molecule has 0 saturated carbocycles. The molecular formula is C15H18ClNO2. The summed E-state index contributed by atoms with van der Waals surface area (Å²) in [4.78, 5) is 25.5. The van der Waals surface area contributed by atoms with Crippen molar-refractivity contribution in [2.45, 2.75) is 32.1 Å². The number of rotatable bonds is 7. The maximum atomic E-state index is 12.1. The zero-order valence-electron chi connectivity index (χ0n) is 10.9. The highest BCUT2D eigenvalue weighted by atomic mass is 35.5. The molecule has 2 amide bonds. The lowest BCUT2D eigenvalue weighted by Crippen LogP contribution is -2.30. The first-order valence-corrected chi connectivity index (χ1v) is 7.30. The molecule has 0 aromatic heterocycles. The number of halogens is 1. The molecule has 3 nitrogen and oxygen atoms in total. The van der Waals surface area contributed by atoms with Gasteiger partial charge < -0.3 is 0 Å². The highest BCUT2D eigenvalue weighted by molar-refractivity contribution is 6.21. The maximum Gasteiger partial charge on any atom is 0.261 e. The molecule has 4 heteroatoms. The Kier molecular flexibility index (Phi) is 4.97. The Morgan fingerprint density at radius 1 is 0.842 bits per heavy atom. The van der Waals surface area contributed by atoms with Crippen molar-refractivity contribution in [3.63, 3.8) is 0 Å². The highest BCUT2D eigenvalue weighted by Crippen LogP contribution is 2.22. The second-order valence-corrected chi connectivity index (χ2v) is 5.14. The van der Waals surface area contributed by atoms with Crippen LogP contribution in [0.2, 0.25) is 0 Å². The number of amides is 2. The van der Waals surface area contributed by atoms with E-state index in [2.05, 4.69) is 0 Å². The third kappa shape index (κ3) is 3.16. The average Bonchev–Trinajstić information content (AvgIpc) is 2.68. The second-order valence-electron chi connectivity index (χ2n) is 4.76. The number of benzene rings is 1. The van der Waals surface area contributed by atoms with Gasteiger partial charge in [-0.3, -0.25) is 14.5 Å². The van der Waals surface area contributed by atoms with Gasteiger partial charge in [0.2, 0.25) is 0 Å². The minimum atomic E-state index is -0.152. The van der Waals surface area contributed by atoms with Crippen LogP contribution >= 0.6 is 11.6 Å². The van der Waals surface area contributed by atoms with E-state index in [9.17, 15) is 9.59 Å². The van der Waals surface area contributed by atoms with Gasteiger partial charge in [0, 0.05) is 12.4 Å². The van der Waals surface area contributed by atoms with E-state index in [4.69, 9.17) is 11.6 Å². The van der Waals surface area contributed by atoms with Crippen LogP contribution in [0.5, 0.6) is 0 Å². The smallest absolute Gasteiger partial charge is 0.261 e. The summed E-state index contributed by atoms with van der Waals surface area (Å²) in [6.45, 7) is 0.521. The number of imide groups is 1. The van der Waals surface area contributed by atoms with E-state index in [-0.39, 0.29) is 11.8 Å². The number of fused-ring (bicyclic) bond motifs is 1. The average molecular weight is 280 g/mol. The van der Waals surface area contributed by atoms with Gasteiger partial charge in [0.1, 0.15) is 0 Å². The Morgan fingerprint density at radius 2 is 1.37 bits per heavy atom. The number of alkyl halides is 1. The third-order valence-corrected chi connectivity index (χ3v) is 3.66. The van der Waals surface area contributed by atoms with Gasteiger partial charge in [0.25, 0.3) is 11.8 Å².